The predicted molar refractivity (Wildman–Crippen MR) is 93.7 cm³/mol. The number of nitrogens with one attached hydrogen (secondary N) is 1. The zero-order chi connectivity index (χ0) is 17.7. The second kappa shape index (κ2) is 7.81. The van der Waals surface area contributed by atoms with Gasteiger partial charge in [0.05, 0.1) is 12.8 Å². The maximum atomic E-state index is 12.4. The second-order valence-electron chi connectivity index (χ2n) is 6.20. The molecule has 2 rings (SSSR count). The third kappa shape index (κ3) is 4.47. The van der Waals surface area contributed by atoms with Crippen molar-refractivity contribution in [2.45, 2.75) is 40.2 Å². The fourth-order valence-corrected chi connectivity index (χ4v) is 2.56. The molecule has 2 amide bonds. The van der Waals surface area contributed by atoms with E-state index in [4.69, 9.17) is 4.42 Å². The van der Waals surface area contributed by atoms with Gasteiger partial charge in [-0.25, -0.2) is 0 Å². The summed E-state index contributed by atoms with van der Waals surface area (Å²) in [6, 6.07) is 9.51. The first-order chi connectivity index (χ1) is 11.4. The van der Waals surface area contributed by atoms with Crippen LogP contribution in [0.15, 0.2) is 41.0 Å². The van der Waals surface area contributed by atoms with Crippen LogP contribution >= 0.6 is 0 Å². The van der Waals surface area contributed by atoms with Crippen LogP contribution in [0.3, 0.4) is 0 Å². The molecule has 1 heterocycles. The number of furan rings is 1. The lowest BCUT2D eigenvalue weighted by molar-refractivity contribution is -0.133. The number of rotatable bonds is 6. The van der Waals surface area contributed by atoms with Crippen LogP contribution in [0, 0.1) is 6.92 Å². The maximum Gasteiger partial charge on any atom is 0.244 e. The highest BCUT2D eigenvalue weighted by Gasteiger charge is 2.17. The number of nitrogens with zero attached hydrogens (tertiary/aromatic N) is 1. The number of para-hydroxylation sites is 1. The van der Waals surface area contributed by atoms with Crippen molar-refractivity contribution >= 4 is 17.5 Å². The molecule has 0 bridgehead atoms. The molecule has 5 nitrogen and oxygen atoms in total. The first-order valence-corrected chi connectivity index (χ1v) is 8.05. The van der Waals surface area contributed by atoms with Gasteiger partial charge in [0.1, 0.15) is 12.3 Å². The Kier molecular flexibility index (Phi) is 5.79. The average molecular weight is 328 g/mol. The van der Waals surface area contributed by atoms with Crippen molar-refractivity contribution in [1.82, 2.24) is 4.90 Å². The van der Waals surface area contributed by atoms with Crippen LogP contribution in [0.5, 0.6) is 0 Å². The van der Waals surface area contributed by atoms with Crippen molar-refractivity contribution < 1.29 is 14.0 Å². The summed E-state index contributed by atoms with van der Waals surface area (Å²) in [6.45, 7) is 7.85. The monoisotopic (exact) mass is 328 g/mol. The van der Waals surface area contributed by atoms with Crippen LogP contribution in [0.1, 0.15) is 43.6 Å². The summed E-state index contributed by atoms with van der Waals surface area (Å²) in [5.74, 6) is 0.562. The molecule has 0 saturated heterocycles. The Morgan fingerprint density at radius 2 is 1.96 bits per heavy atom. The molecule has 0 aliphatic rings. The molecule has 1 N–H and O–H groups in total. The summed E-state index contributed by atoms with van der Waals surface area (Å²) in [4.78, 5) is 25.7. The molecule has 1 aromatic carbocycles. The molecular weight excluding hydrogens is 304 g/mol. The molecule has 1 aromatic heterocycles. The number of carbonyl (C=O) groups is 2. The lowest BCUT2D eigenvalue weighted by Crippen LogP contribution is -2.36. The van der Waals surface area contributed by atoms with Gasteiger partial charge in [-0.2, -0.15) is 0 Å². The van der Waals surface area contributed by atoms with Gasteiger partial charge in [-0.05, 0) is 36.1 Å². The number of hydrogen-bond donors (Lipinski definition) is 1. The Morgan fingerprint density at radius 1 is 1.21 bits per heavy atom. The summed E-state index contributed by atoms with van der Waals surface area (Å²) >= 11 is 0. The first-order valence-electron chi connectivity index (χ1n) is 8.05. The minimum absolute atomic E-state index is 0.0120. The first kappa shape index (κ1) is 17.8. The van der Waals surface area contributed by atoms with Crippen LogP contribution in [0.4, 0.5) is 5.69 Å². The highest BCUT2D eigenvalue weighted by molar-refractivity contribution is 5.95. The quantitative estimate of drug-likeness (QED) is 0.879. The van der Waals surface area contributed by atoms with Gasteiger partial charge in [0.25, 0.3) is 0 Å². The molecule has 5 heteroatoms. The van der Waals surface area contributed by atoms with E-state index in [2.05, 4.69) is 19.2 Å². The van der Waals surface area contributed by atoms with Crippen molar-refractivity contribution in [3.05, 3.63) is 53.5 Å². The van der Waals surface area contributed by atoms with Crippen LogP contribution in [0.25, 0.3) is 0 Å². The number of anilines is 1. The number of hydrogen-bond acceptors (Lipinski definition) is 3. The van der Waals surface area contributed by atoms with E-state index in [0.717, 1.165) is 16.8 Å². The second-order valence-corrected chi connectivity index (χ2v) is 6.20. The summed E-state index contributed by atoms with van der Waals surface area (Å²) in [7, 11) is 0. The molecule has 0 spiro atoms. The molecule has 0 saturated carbocycles. The predicted octanol–water partition coefficient (Wildman–Crippen LogP) is 3.70. The van der Waals surface area contributed by atoms with Crippen molar-refractivity contribution in [2.75, 3.05) is 11.9 Å². The van der Waals surface area contributed by atoms with Gasteiger partial charge in [0, 0.05) is 12.6 Å². The van der Waals surface area contributed by atoms with Gasteiger partial charge in [0.2, 0.25) is 11.8 Å². The molecule has 0 unspecified atom stereocenters. The van der Waals surface area contributed by atoms with Crippen LogP contribution in [-0.4, -0.2) is 23.3 Å². The van der Waals surface area contributed by atoms with Crippen molar-refractivity contribution in [2.24, 2.45) is 0 Å². The molecule has 0 radical (unpaired) electrons. The molecular formula is C19H24N2O3. The van der Waals surface area contributed by atoms with Gasteiger partial charge in [-0.15, -0.1) is 0 Å². The number of carbonyl (C=O) groups excluding carboxylic acids is 2. The number of benzene rings is 1. The largest absolute Gasteiger partial charge is 0.467 e. The van der Waals surface area contributed by atoms with Crippen molar-refractivity contribution in [3.8, 4) is 0 Å². The minimum Gasteiger partial charge on any atom is -0.467 e. The topological polar surface area (TPSA) is 62.6 Å². The van der Waals surface area contributed by atoms with Gasteiger partial charge in [-0.1, -0.05) is 32.0 Å². The van der Waals surface area contributed by atoms with Crippen LogP contribution < -0.4 is 5.32 Å². The normalized spacial score (nSPS) is 10.7. The Morgan fingerprint density at radius 3 is 2.54 bits per heavy atom. The lowest BCUT2D eigenvalue weighted by atomic mass is 9.98. The van der Waals surface area contributed by atoms with Gasteiger partial charge >= 0.3 is 0 Å². The molecule has 0 aliphatic carbocycles. The van der Waals surface area contributed by atoms with E-state index < -0.39 is 0 Å². The standard InChI is InChI=1S/C19H24N2O3/c1-13(2)17-9-5-7-14(3)19(17)20-18(23)12-21(15(4)22)11-16-8-6-10-24-16/h5-10,13H,11-12H2,1-4H3,(H,20,23). The maximum absolute atomic E-state index is 12.4. The zero-order valence-corrected chi connectivity index (χ0v) is 14.6. The van der Waals surface area contributed by atoms with E-state index in [0.29, 0.717) is 11.7 Å². The zero-order valence-electron chi connectivity index (χ0n) is 14.6. The van der Waals surface area contributed by atoms with E-state index in [1.807, 2.05) is 25.1 Å². The molecule has 0 fully saturated rings. The molecule has 0 aliphatic heterocycles. The average Bonchev–Trinajstić information content (AvgIpc) is 3.01. The fourth-order valence-electron chi connectivity index (χ4n) is 2.56. The van der Waals surface area contributed by atoms with Gasteiger partial charge in [-0.3, -0.25) is 9.59 Å². The Hall–Kier alpha value is -2.56. The van der Waals surface area contributed by atoms with Gasteiger partial charge < -0.3 is 14.6 Å². The third-order valence-corrected chi connectivity index (χ3v) is 3.90. The molecule has 2 aromatic rings. The highest BCUT2D eigenvalue weighted by atomic mass is 16.3. The molecule has 24 heavy (non-hydrogen) atoms. The number of aryl methyl sites for hydroxylation is 1. The third-order valence-electron chi connectivity index (χ3n) is 3.90. The summed E-state index contributed by atoms with van der Waals surface area (Å²) in [6.07, 6.45) is 1.55. The van der Waals surface area contributed by atoms with E-state index >= 15 is 0 Å². The van der Waals surface area contributed by atoms with E-state index in [-0.39, 0.29) is 24.9 Å². The fraction of sp³-hybridized carbons (Fsp3) is 0.368. The van der Waals surface area contributed by atoms with E-state index in [9.17, 15) is 9.59 Å². The molecule has 0 atom stereocenters. The van der Waals surface area contributed by atoms with Crippen molar-refractivity contribution in [3.63, 3.8) is 0 Å². The summed E-state index contributed by atoms with van der Waals surface area (Å²) < 4.78 is 5.26. The number of amides is 2. The smallest absolute Gasteiger partial charge is 0.244 e. The Balaban J connectivity index is 2.10. The van der Waals surface area contributed by atoms with Crippen LogP contribution in [0.2, 0.25) is 0 Å². The minimum atomic E-state index is -0.215. The Bertz CT molecular complexity index is 705. The van der Waals surface area contributed by atoms with Gasteiger partial charge in [0.15, 0.2) is 0 Å². The molecule has 128 valence electrons. The Labute approximate surface area is 142 Å². The SMILES string of the molecule is CC(=O)N(CC(=O)Nc1c(C)cccc1C(C)C)Cc1ccco1. The van der Waals surface area contributed by atoms with Crippen molar-refractivity contribution in [1.29, 1.82) is 0 Å². The van der Waals surface area contributed by atoms with E-state index in [1.54, 1.807) is 18.4 Å². The summed E-state index contributed by atoms with van der Waals surface area (Å²) in [5.41, 5.74) is 2.93. The van der Waals surface area contributed by atoms with E-state index in [1.165, 1.54) is 11.8 Å². The highest BCUT2D eigenvalue weighted by Crippen LogP contribution is 2.27. The summed E-state index contributed by atoms with van der Waals surface area (Å²) in [5, 5.41) is 2.96. The van der Waals surface area contributed by atoms with Crippen LogP contribution in [-0.2, 0) is 16.1 Å². The lowest BCUT2D eigenvalue weighted by Gasteiger charge is -2.21.